The van der Waals surface area contributed by atoms with Gasteiger partial charge in [0.25, 0.3) is 0 Å². The molecule has 166 valence electrons. The summed E-state index contributed by atoms with van der Waals surface area (Å²) < 4.78 is 0. The zero-order valence-corrected chi connectivity index (χ0v) is 19.9. The molecule has 4 rings (SSSR count). The normalized spacial score (nSPS) is 15.9. The van der Waals surface area contributed by atoms with Gasteiger partial charge in [0.2, 0.25) is 5.95 Å². The lowest BCUT2D eigenvalue weighted by atomic mass is 10.0. The number of anilines is 2. The molecule has 1 saturated heterocycles. The van der Waals surface area contributed by atoms with Crippen molar-refractivity contribution in [1.29, 1.82) is 0 Å². The van der Waals surface area contributed by atoms with E-state index in [0.29, 0.717) is 28.7 Å². The number of piperidine rings is 1. The van der Waals surface area contributed by atoms with Crippen LogP contribution in [0, 0.1) is 12.8 Å². The maximum atomic E-state index is 5.51. The fourth-order valence-electron chi connectivity index (χ4n) is 3.55. The Kier molecular flexibility index (Phi) is 7.49. The first kappa shape index (κ1) is 22.4. The lowest BCUT2D eigenvalue weighted by Crippen LogP contribution is -2.35. The van der Waals surface area contributed by atoms with E-state index in [1.54, 1.807) is 18.5 Å². The highest BCUT2D eigenvalue weighted by molar-refractivity contribution is 7.99. The van der Waals surface area contributed by atoms with E-state index in [1.165, 1.54) is 23.7 Å². The Balaban J connectivity index is 1.50. The van der Waals surface area contributed by atoms with E-state index in [2.05, 4.69) is 68.6 Å². The van der Waals surface area contributed by atoms with Gasteiger partial charge >= 0.3 is 0 Å². The van der Waals surface area contributed by atoms with Gasteiger partial charge < -0.3 is 15.5 Å². The standard InChI is InChI=1S/C23H27N7S2/c1-16-6-8-18(9-7-16)14-26-22(31)29-21-27-19(30-12-3-5-17(2)15-30)13-20(28-21)32-23-24-10-4-11-25-23/h4,6-11,13,17H,3,5,12,14-15H2,1-2H3,(H2,26,27,28,29,31)/t17-/m0/s1. The number of nitrogens with zero attached hydrogens (tertiary/aromatic N) is 5. The molecule has 0 spiro atoms. The molecule has 0 unspecified atom stereocenters. The molecule has 2 N–H and O–H groups in total. The SMILES string of the molecule is Cc1ccc(CNC(=S)Nc2nc(Sc3ncccn3)cc(N3CCC[C@H](C)C3)n2)cc1. The van der Waals surface area contributed by atoms with Crippen molar-refractivity contribution in [3.63, 3.8) is 0 Å². The molecule has 1 aliphatic rings. The highest BCUT2D eigenvalue weighted by Crippen LogP contribution is 2.29. The van der Waals surface area contributed by atoms with Crippen molar-refractivity contribution in [3.05, 3.63) is 59.9 Å². The van der Waals surface area contributed by atoms with Gasteiger partial charge in [0, 0.05) is 38.1 Å². The number of benzene rings is 1. The van der Waals surface area contributed by atoms with Crippen LogP contribution in [0.15, 0.2) is 59.0 Å². The quantitative estimate of drug-likeness (QED) is 0.312. The number of rotatable bonds is 6. The Labute approximate surface area is 198 Å². The van der Waals surface area contributed by atoms with Crippen LogP contribution in [0.5, 0.6) is 0 Å². The van der Waals surface area contributed by atoms with Crippen LogP contribution < -0.4 is 15.5 Å². The first-order chi connectivity index (χ1) is 15.5. The summed E-state index contributed by atoms with van der Waals surface area (Å²) in [5, 5.41) is 8.31. The Hall–Kier alpha value is -2.78. The highest BCUT2D eigenvalue weighted by atomic mass is 32.2. The van der Waals surface area contributed by atoms with Crippen LogP contribution in [0.25, 0.3) is 0 Å². The van der Waals surface area contributed by atoms with Crippen LogP contribution >= 0.6 is 24.0 Å². The zero-order valence-electron chi connectivity index (χ0n) is 18.3. The fraction of sp³-hybridized carbons (Fsp3) is 0.348. The molecule has 0 saturated carbocycles. The van der Waals surface area contributed by atoms with Gasteiger partial charge in [-0.3, -0.25) is 0 Å². The molecule has 0 aliphatic carbocycles. The van der Waals surface area contributed by atoms with Crippen molar-refractivity contribution in [2.75, 3.05) is 23.3 Å². The molecule has 0 amide bonds. The Morgan fingerprint density at radius 1 is 1.19 bits per heavy atom. The molecule has 9 heteroatoms. The second-order valence-electron chi connectivity index (χ2n) is 8.01. The molecule has 1 atom stereocenters. The van der Waals surface area contributed by atoms with Crippen LogP contribution in [0.3, 0.4) is 0 Å². The molecule has 32 heavy (non-hydrogen) atoms. The van der Waals surface area contributed by atoms with Gasteiger partial charge in [0.1, 0.15) is 10.8 Å². The summed E-state index contributed by atoms with van der Waals surface area (Å²) in [5.74, 6) is 2.01. The fourth-order valence-corrected chi connectivity index (χ4v) is 4.42. The van der Waals surface area contributed by atoms with Crippen molar-refractivity contribution >= 4 is 40.9 Å². The van der Waals surface area contributed by atoms with Gasteiger partial charge in [-0.15, -0.1) is 0 Å². The van der Waals surface area contributed by atoms with E-state index in [-0.39, 0.29) is 0 Å². The van der Waals surface area contributed by atoms with Crippen molar-refractivity contribution in [2.45, 2.75) is 43.4 Å². The van der Waals surface area contributed by atoms with Crippen LogP contribution in [-0.2, 0) is 6.54 Å². The zero-order chi connectivity index (χ0) is 22.3. The predicted molar refractivity (Wildman–Crippen MR) is 133 cm³/mol. The van der Waals surface area contributed by atoms with Crippen LogP contribution in [0.4, 0.5) is 11.8 Å². The Morgan fingerprint density at radius 3 is 2.72 bits per heavy atom. The van der Waals surface area contributed by atoms with Gasteiger partial charge in [-0.05, 0) is 61.3 Å². The molecule has 1 aliphatic heterocycles. The Morgan fingerprint density at radius 2 is 1.97 bits per heavy atom. The monoisotopic (exact) mass is 465 g/mol. The average Bonchev–Trinajstić information content (AvgIpc) is 2.79. The van der Waals surface area contributed by atoms with E-state index in [0.717, 1.165) is 35.9 Å². The molecule has 1 fully saturated rings. The summed E-state index contributed by atoms with van der Waals surface area (Å²) in [7, 11) is 0. The lowest BCUT2D eigenvalue weighted by molar-refractivity contribution is 0.444. The highest BCUT2D eigenvalue weighted by Gasteiger charge is 2.20. The van der Waals surface area contributed by atoms with Gasteiger partial charge in [0.15, 0.2) is 10.3 Å². The number of hydrogen-bond donors (Lipinski definition) is 2. The maximum Gasteiger partial charge on any atom is 0.232 e. The van der Waals surface area contributed by atoms with Gasteiger partial charge in [-0.2, -0.15) is 4.98 Å². The van der Waals surface area contributed by atoms with E-state index in [4.69, 9.17) is 17.2 Å². The minimum Gasteiger partial charge on any atom is -0.358 e. The summed E-state index contributed by atoms with van der Waals surface area (Å²) in [6, 6.07) is 12.2. The van der Waals surface area contributed by atoms with Crippen molar-refractivity contribution in [3.8, 4) is 0 Å². The van der Waals surface area contributed by atoms with Gasteiger partial charge in [-0.1, -0.05) is 36.8 Å². The smallest absolute Gasteiger partial charge is 0.232 e. The number of aromatic nitrogens is 4. The summed E-state index contributed by atoms with van der Waals surface area (Å²) in [5.41, 5.74) is 2.40. The maximum absolute atomic E-state index is 5.51. The number of thiocarbonyl (C=S) groups is 1. The molecule has 2 aromatic heterocycles. The van der Waals surface area contributed by atoms with E-state index in [1.807, 2.05) is 6.07 Å². The number of hydrogen-bond acceptors (Lipinski definition) is 7. The summed E-state index contributed by atoms with van der Waals surface area (Å²) >= 11 is 6.92. The van der Waals surface area contributed by atoms with Crippen molar-refractivity contribution in [2.24, 2.45) is 5.92 Å². The first-order valence-corrected chi connectivity index (χ1v) is 12.0. The minimum absolute atomic E-state index is 0.473. The minimum atomic E-state index is 0.473. The van der Waals surface area contributed by atoms with Crippen LogP contribution in [0.2, 0.25) is 0 Å². The van der Waals surface area contributed by atoms with E-state index >= 15 is 0 Å². The Bertz CT molecular complexity index is 1040. The molecular weight excluding hydrogens is 438 g/mol. The van der Waals surface area contributed by atoms with Crippen molar-refractivity contribution in [1.82, 2.24) is 25.3 Å². The van der Waals surface area contributed by atoms with Crippen LogP contribution in [0.1, 0.15) is 30.9 Å². The molecule has 7 nitrogen and oxygen atoms in total. The molecular formula is C23H27N7S2. The third-order valence-electron chi connectivity index (χ3n) is 5.21. The van der Waals surface area contributed by atoms with Crippen LogP contribution in [-0.4, -0.2) is 38.1 Å². The summed E-state index contributed by atoms with van der Waals surface area (Å²) in [4.78, 5) is 20.4. The van der Waals surface area contributed by atoms with Crippen molar-refractivity contribution < 1.29 is 0 Å². The molecule has 0 bridgehead atoms. The third-order valence-corrected chi connectivity index (χ3v) is 6.27. The molecule has 3 aromatic rings. The molecule has 1 aromatic carbocycles. The second kappa shape index (κ2) is 10.7. The van der Waals surface area contributed by atoms with Gasteiger partial charge in [0.05, 0.1) is 0 Å². The third kappa shape index (κ3) is 6.37. The summed E-state index contributed by atoms with van der Waals surface area (Å²) in [6.07, 6.45) is 5.87. The largest absolute Gasteiger partial charge is 0.358 e. The number of aryl methyl sites for hydroxylation is 1. The predicted octanol–water partition coefficient (Wildman–Crippen LogP) is 4.45. The topological polar surface area (TPSA) is 78.9 Å². The lowest BCUT2D eigenvalue weighted by Gasteiger charge is -2.32. The van der Waals surface area contributed by atoms with E-state index < -0.39 is 0 Å². The van der Waals surface area contributed by atoms with E-state index in [9.17, 15) is 0 Å². The first-order valence-electron chi connectivity index (χ1n) is 10.7. The molecule has 0 radical (unpaired) electrons. The molecule has 3 heterocycles. The summed E-state index contributed by atoms with van der Waals surface area (Å²) in [6.45, 7) is 6.97. The number of nitrogens with one attached hydrogen (secondary N) is 2. The second-order valence-corrected chi connectivity index (χ2v) is 9.40. The van der Waals surface area contributed by atoms with Gasteiger partial charge in [-0.25, -0.2) is 15.0 Å². The average molecular weight is 466 g/mol.